The van der Waals surface area contributed by atoms with Gasteiger partial charge in [0.05, 0.1) is 0 Å². The lowest BCUT2D eigenvalue weighted by Gasteiger charge is -2.11. The zero-order valence-electron chi connectivity index (χ0n) is 14.2. The minimum absolute atomic E-state index is 0.595. The first-order chi connectivity index (χ1) is 12.2. The fraction of sp³-hybridized carbons (Fsp3) is 0.200. The van der Waals surface area contributed by atoms with Gasteiger partial charge >= 0.3 is 0 Å². The Bertz CT molecular complexity index is 818. The zero-order chi connectivity index (χ0) is 17.5. The van der Waals surface area contributed by atoms with Gasteiger partial charge in [-0.05, 0) is 48.2 Å². The summed E-state index contributed by atoms with van der Waals surface area (Å²) in [5, 5.41) is 7.40. The third-order valence-electron chi connectivity index (χ3n) is 3.93. The van der Waals surface area contributed by atoms with Crippen LogP contribution in [0.15, 0.2) is 60.8 Å². The van der Waals surface area contributed by atoms with Gasteiger partial charge in [0.25, 0.3) is 0 Å². The van der Waals surface area contributed by atoms with Crippen molar-refractivity contribution < 1.29 is 0 Å². The molecule has 0 aliphatic rings. The van der Waals surface area contributed by atoms with Crippen LogP contribution in [0.4, 0.5) is 17.5 Å². The number of nitrogens with one attached hydrogen (secondary N) is 2. The van der Waals surface area contributed by atoms with Crippen LogP contribution in [0, 0.1) is 0 Å². The average molecular weight is 353 g/mol. The van der Waals surface area contributed by atoms with Crippen molar-refractivity contribution in [1.29, 1.82) is 0 Å². The summed E-state index contributed by atoms with van der Waals surface area (Å²) in [4.78, 5) is 8.84. The first kappa shape index (κ1) is 17.2. The molecular formula is C20H21ClN4. The van der Waals surface area contributed by atoms with Gasteiger partial charge < -0.3 is 10.6 Å². The SMILES string of the molecule is CCc1ccccc1Nc1nccc(NCCc2ccc(Cl)cc2)n1. The van der Waals surface area contributed by atoms with E-state index in [9.17, 15) is 0 Å². The minimum Gasteiger partial charge on any atom is -0.370 e. The molecule has 3 aromatic rings. The maximum atomic E-state index is 5.91. The summed E-state index contributed by atoms with van der Waals surface area (Å²) in [5.74, 6) is 1.40. The highest BCUT2D eigenvalue weighted by Crippen LogP contribution is 2.19. The van der Waals surface area contributed by atoms with Crippen LogP contribution in [0.25, 0.3) is 0 Å². The molecule has 2 N–H and O–H groups in total. The topological polar surface area (TPSA) is 49.8 Å². The highest BCUT2D eigenvalue weighted by Gasteiger charge is 2.03. The van der Waals surface area contributed by atoms with Crippen molar-refractivity contribution in [2.45, 2.75) is 19.8 Å². The highest BCUT2D eigenvalue weighted by molar-refractivity contribution is 6.30. The maximum Gasteiger partial charge on any atom is 0.229 e. The van der Waals surface area contributed by atoms with E-state index in [0.717, 1.165) is 35.9 Å². The second-order valence-corrected chi connectivity index (χ2v) is 6.14. The van der Waals surface area contributed by atoms with Crippen molar-refractivity contribution in [2.75, 3.05) is 17.2 Å². The largest absolute Gasteiger partial charge is 0.370 e. The number of hydrogen-bond acceptors (Lipinski definition) is 4. The van der Waals surface area contributed by atoms with Crippen LogP contribution in [0.1, 0.15) is 18.1 Å². The van der Waals surface area contributed by atoms with E-state index in [1.54, 1.807) is 6.20 Å². The van der Waals surface area contributed by atoms with Gasteiger partial charge in [0.2, 0.25) is 5.95 Å². The minimum atomic E-state index is 0.595. The van der Waals surface area contributed by atoms with Crippen molar-refractivity contribution >= 4 is 29.1 Å². The zero-order valence-corrected chi connectivity index (χ0v) is 14.9. The van der Waals surface area contributed by atoms with E-state index in [1.165, 1.54) is 11.1 Å². The Morgan fingerprint density at radius 1 is 1.00 bits per heavy atom. The molecule has 0 amide bonds. The lowest BCUT2D eigenvalue weighted by atomic mass is 10.1. The molecule has 1 aromatic heterocycles. The molecule has 0 unspecified atom stereocenters. The van der Waals surface area contributed by atoms with Crippen molar-refractivity contribution in [3.05, 3.63) is 76.9 Å². The summed E-state index contributed by atoms with van der Waals surface area (Å²) in [6.45, 7) is 2.93. The van der Waals surface area contributed by atoms with Crippen LogP contribution in [-0.4, -0.2) is 16.5 Å². The van der Waals surface area contributed by atoms with Gasteiger partial charge in [0, 0.05) is 23.5 Å². The Morgan fingerprint density at radius 3 is 2.60 bits per heavy atom. The van der Waals surface area contributed by atoms with Crippen molar-refractivity contribution in [1.82, 2.24) is 9.97 Å². The fourth-order valence-electron chi connectivity index (χ4n) is 2.57. The number of aryl methyl sites for hydroxylation is 1. The number of hydrogen-bond donors (Lipinski definition) is 2. The molecule has 5 heteroatoms. The number of aromatic nitrogens is 2. The number of halogens is 1. The number of rotatable bonds is 7. The summed E-state index contributed by atoms with van der Waals surface area (Å²) in [6.07, 6.45) is 3.62. The summed E-state index contributed by atoms with van der Waals surface area (Å²) >= 11 is 5.91. The monoisotopic (exact) mass is 352 g/mol. The number of benzene rings is 2. The van der Waals surface area contributed by atoms with Crippen LogP contribution < -0.4 is 10.6 Å². The predicted octanol–water partition coefficient (Wildman–Crippen LogP) is 5.09. The smallest absolute Gasteiger partial charge is 0.229 e. The van der Waals surface area contributed by atoms with E-state index < -0.39 is 0 Å². The van der Waals surface area contributed by atoms with Gasteiger partial charge in [0.1, 0.15) is 5.82 Å². The Balaban J connectivity index is 1.60. The summed E-state index contributed by atoms with van der Waals surface area (Å²) in [6, 6.07) is 18.0. The molecule has 3 rings (SSSR count). The van der Waals surface area contributed by atoms with Crippen LogP contribution >= 0.6 is 11.6 Å². The van der Waals surface area contributed by atoms with Crippen LogP contribution in [0.5, 0.6) is 0 Å². The molecule has 1 heterocycles. The standard InChI is InChI=1S/C20H21ClN4/c1-2-16-5-3-4-6-18(16)24-20-23-14-12-19(25-20)22-13-11-15-7-9-17(21)10-8-15/h3-10,12,14H,2,11,13H2,1H3,(H2,22,23,24,25). The molecule has 0 saturated carbocycles. The molecule has 0 spiro atoms. The third kappa shape index (κ3) is 4.94. The van der Waals surface area contributed by atoms with Gasteiger partial charge in [-0.15, -0.1) is 0 Å². The Kier molecular flexibility index (Phi) is 5.86. The molecule has 0 aliphatic heterocycles. The molecular weight excluding hydrogens is 332 g/mol. The third-order valence-corrected chi connectivity index (χ3v) is 4.19. The number of para-hydroxylation sites is 1. The predicted molar refractivity (Wildman–Crippen MR) is 105 cm³/mol. The maximum absolute atomic E-state index is 5.91. The molecule has 0 saturated heterocycles. The normalized spacial score (nSPS) is 10.5. The van der Waals surface area contributed by atoms with Crippen LogP contribution in [0.3, 0.4) is 0 Å². The fourth-order valence-corrected chi connectivity index (χ4v) is 2.70. The Labute approximate surface area is 153 Å². The summed E-state index contributed by atoms with van der Waals surface area (Å²) in [7, 11) is 0. The molecule has 25 heavy (non-hydrogen) atoms. The Hall–Kier alpha value is -2.59. The molecule has 128 valence electrons. The lowest BCUT2D eigenvalue weighted by Crippen LogP contribution is -2.08. The molecule has 0 radical (unpaired) electrons. The van der Waals surface area contributed by atoms with E-state index in [1.807, 2.05) is 48.5 Å². The lowest BCUT2D eigenvalue weighted by molar-refractivity contribution is 1.00. The number of nitrogens with zero attached hydrogens (tertiary/aromatic N) is 2. The first-order valence-electron chi connectivity index (χ1n) is 8.41. The van der Waals surface area contributed by atoms with Crippen LogP contribution in [-0.2, 0) is 12.8 Å². The molecule has 0 bridgehead atoms. The summed E-state index contributed by atoms with van der Waals surface area (Å²) in [5.41, 5.74) is 3.52. The molecule has 0 atom stereocenters. The van der Waals surface area contributed by atoms with Crippen molar-refractivity contribution in [3.63, 3.8) is 0 Å². The van der Waals surface area contributed by atoms with Crippen molar-refractivity contribution in [3.8, 4) is 0 Å². The van der Waals surface area contributed by atoms with Crippen molar-refractivity contribution in [2.24, 2.45) is 0 Å². The van der Waals surface area contributed by atoms with E-state index in [4.69, 9.17) is 11.6 Å². The van der Waals surface area contributed by atoms with Gasteiger partial charge in [-0.25, -0.2) is 4.98 Å². The van der Waals surface area contributed by atoms with Crippen LogP contribution in [0.2, 0.25) is 5.02 Å². The Morgan fingerprint density at radius 2 is 1.80 bits per heavy atom. The second-order valence-electron chi connectivity index (χ2n) is 5.70. The van der Waals surface area contributed by atoms with Gasteiger partial charge in [-0.3, -0.25) is 0 Å². The quantitative estimate of drug-likeness (QED) is 0.621. The van der Waals surface area contributed by atoms with Gasteiger partial charge in [-0.1, -0.05) is 48.9 Å². The second kappa shape index (κ2) is 8.49. The van der Waals surface area contributed by atoms with E-state index >= 15 is 0 Å². The van der Waals surface area contributed by atoms with Gasteiger partial charge in [-0.2, -0.15) is 4.98 Å². The molecule has 0 aliphatic carbocycles. The molecule has 4 nitrogen and oxygen atoms in total. The van der Waals surface area contributed by atoms with E-state index in [-0.39, 0.29) is 0 Å². The van der Waals surface area contributed by atoms with E-state index in [2.05, 4.69) is 33.6 Å². The van der Waals surface area contributed by atoms with E-state index in [0.29, 0.717) is 5.95 Å². The number of anilines is 3. The average Bonchev–Trinajstić information content (AvgIpc) is 2.64. The highest BCUT2D eigenvalue weighted by atomic mass is 35.5. The first-order valence-corrected chi connectivity index (χ1v) is 8.78. The van der Waals surface area contributed by atoms with Gasteiger partial charge in [0.15, 0.2) is 0 Å². The molecule has 2 aromatic carbocycles. The summed E-state index contributed by atoms with van der Waals surface area (Å²) < 4.78 is 0. The molecule has 0 fully saturated rings.